The number of aryl methyl sites for hydroxylation is 1. The van der Waals surface area contributed by atoms with E-state index in [0.29, 0.717) is 5.78 Å². The molecule has 20 heavy (non-hydrogen) atoms. The number of carbonyl (C=O) groups excluding carboxylic acids is 1. The third kappa shape index (κ3) is 2.35. The normalized spacial score (nSPS) is 10.7. The number of fused-ring (bicyclic) bond motifs is 1. The van der Waals surface area contributed by atoms with E-state index in [1.807, 2.05) is 24.3 Å². The molecule has 2 heterocycles. The Labute approximate surface area is 115 Å². The molecule has 0 aliphatic heterocycles. The zero-order chi connectivity index (χ0) is 13.9. The number of anilines is 1. The summed E-state index contributed by atoms with van der Waals surface area (Å²) >= 11 is 0. The molecular formula is C14H13N5O. The predicted molar refractivity (Wildman–Crippen MR) is 74.6 cm³/mol. The smallest absolute Gasteiger partial charge is 0.295 e. The molecule has 0 bridgehead atoms. The summed E-state index contributed by atoms with van der Waals surface area (Å²) in [6.45, 7) is 2.08. The number of rotatable bonds is 3. The van der Waals surface area contributed by atoms with Gasteiger partial charge < -0.3 is 5.32 Å². The van der Waals surface area contributed by atoms with Gasteiger partial charge in [-0.15, -0.1) is 5.10 Å². The highest BCUT2D eigenvalue weighted by molar-refractivity contribution is 6.01. The van der Waals surface area contributed by atoms with Gasteiger partial charge in [-0.1, -0.05) is 19.1 Å². The number of hydrogen-bond acceptors (Lipinski definition) is 4. The molecule has 0 aliphatic rings. The fourth-order valence-electron chi connectivity index (χ4n) is 1.84. The van der Waals surface area contributed by atoms with Crippen LogP contribution in [0.1, 0.15) is 23.1 Å². The van der Waals surface area contributed by atoms with Gasteiger partial charge in [0, 0.05) is 18.1 Å². The van der Waals surface area contributed by atoms with Gasteiger partial charge in [-0.05, 0) is 30.2 Å². The van der Waals surface area contributed by atoms with E-state index in [1.54, 1.807) is 18.5 Å². The van der Waals surface area contributed by atoms with E-state index >= 15 is 0 Å². The Morgan fingerprint density at radius 1 is 1.30 bits per heavy atom. The van der Waals surface area contributed by atoms with Crippen molar-refractivity contribution < 1.29 is 4.79 Å². The Kier molecular flexibility index (Phi) is 3.12. The minimum absolute atomic E-state index is 0.100. The second-order valence-corrected chi connectivity index (χ2v) is 4.30. The zero-order valence-electron chi connectivity index (χ0n) is 10.9. The van der Waals surface area contributed by atoms with Crippen molar-refractivity contribution in [3.05, 3.63) is 54.1 Å². The average molecular weight is 267 g/mol. The van der Waals surface area contributed by atoms with E-state index in [-0.39, 0.29) is 11.7 Å². The summed E-state index contributed by atoms with van der Waals surface area (Å²) in [5.41, 5.74) is 1.94. The molecule has 0 aliphatic carbocycles. The molecule has 100 valence electrons. The number of aromatic nitrogens is 4. The van der Waals surface area contributed by atoms with Gasteiger partial charge in [0.05, 0.1) is 0 Å². The van der Waals surface area contributed by atoms with Gasteiger partial charge in [-0.25, -0.2) is 9.50 Å². The fourth-order valence-corrected chi connectivity index (χ4v) is 1.84. The zero-order valence-corrected chi connectivity index (χ0v) is 10.9. The van der Waals surface area contributed by atoms with Crippen molar-refractivity contribution in [2.24, 2.45) is 0 Å². The van der Waals surface area contributed by atoms with E-state index in [9.17, 15) is 4.79 Å². The van der Waals surface area contributed by atoms with Gasteiger partial charge in [0.15, 0.2) is 0 Å². The maximum atomic E-state index is 12.1. The SMILES string of the molecule is CCc1ccc(NC(=O)c2nc3ncccn3n2)cc1. The van der Waals surface area contributed by atoms with Crippen LogP contribution < -0.4 is 5.32 Å². The summed E-state index contributed by atoms with van der Waals surface area (Å²) in [4.78, 5) is 20.2. The molecule has 0 spiro atoms. The second kappa shape index (κ2) is 5.08. The van der Waals surface area contributed by atoms with Crippen LogP contribution >= 0.6 is 0 Å². The van der Waals surface area contributed by atoms with Crippen molar-refractivity contribution in [1.29, 1.82) is 0 Å². The maximum absolute atomic E-state index is 12.1. The third-order valence-electron chi connectivity index (χ3n) is 2.94. The molecule has 0 unspecified atom stereocenters. The topological polar surface area (TPSA) is 72.2 Å². The molecule has 1 aromatic carbocycles. The average Bonchev–Trinajstić information content (AvgIpc) is 2.92. The van der Waals surface area contributed by atoms with Gasteiger partial charge in [-0.2, -0.15) is 4.98 Å². The first-order chi connectivity index (χ1) is 9.76. The standard InChI is InChI=1S/C14H13N5O/c1-2-10-4-6-11(7-5-10)16-13(20)12-17-14-15-8-3-9-19(14)18-12/h3-9H,2H2,1H3,(H,16,20). The van der Waals surface area contributed by atoms with E-state index < -0.39 is 0 Å². The molecule has 2 aromatic heterocycles. The summed E-state index contributed by atoms with van der Waals surface area (Å²) in [5.74, 6) is 0.155. The lowest BCUT2D eigenvalue weighted by atomic mass is 10.1. The molecule has 0 radical (unpaired) electrons. The Balaban J connectivity index is 1.81. The van der Waals surface area contributed by atoms with Gasteiger partial charge >= 0.3 is 0 Å². The number of hydrogen-bond donors (Lipinski definition) is 1. The summed E-state index contributed by atoms with van der Waals surface area (Å²) in [7, 11) is 0. The van der Waals surface area contributed by atoms with Gasteiger partial charge in [0.25, 0.3) is 11.7 Å². The monoisotopic (exact) mass is 267 g/mol. The Morgan fingerprint density at radius 2 is 2.10 bits per heavy atom. The van der Waals surface area contributed by atoms with Crippen molar-refractivity contribution >= 4 is 17.4 Å². The number of nitrogens with one attached hydrogen (secondary N) is 1. The van der Waals surface area contributed by atoms with Crippen molar-refractivity contribution in [2.75, 3.05) is 5.32 Å². The molecule has 0 saturated carbocycles. The molecule has 0 atom stereocenters. The van der Waals surface area contributed by atoms with Gasteiger partial charge in [0.2, 0.25) is 5.82 Å². The van der Waals surface area contributed by atoms with Crippen LogP contribution in [0.15, 0.2) is 42.7 Å². The number of carbonyl (C=O) groups is 1. The minimum Gasteiger partial charge on any atom is -0.319 e. The van der Waals surface area contributed by atoms with Gasteiger partial charge in [-0.3, -0.25) is 4.79 Å². The molecule has 6 heteroatoms. The summed E-state index contributed by atoms with van der Waals surface area (Å²) in [6.07, 6.45) is 4.27. The third-order valence-corrected chi connectivity index (χ3v) is 2.94. The van der Waals surface area contributed by atoms with Crippen LogP contribution in [0, 0.1) is 0 Å². The van der Waals surface area contributed by atoms with Crippen molar-refractivity contribution in [1.82, 2.24) is 19.6 Å². The molecule has 0 fully saturated rings. The van der Waals surface area contributed by atoms with Gasteiger partial charge in [0.1, 0.15) is 0 Å². The first kappa shape index (κ1) is 12.3. The lowest BCUT2D eigenvalue weighted by Crippen LogP contribution is -2.13. The van der Waals surface area contributed by atoms with E-state index in [2.05, 4.69) is 27.3 Å². The number of nitrogens with zero attached hydrogens (tertiary/aromatic N) is 4. The summed E-state index contributed by atoms with van der Waals surface area (Å²) < 4.78 is 1.47. The Hall–Kier alpha value is -2.76. The molecular weight excluding hydrogens is 254 g/mol. The van der Waals surface area contributed by atoms with E-state index in [1.165, 1.54) is 10.1 Å². The highest BCUT2D eigenvalue weighted by Crippen LogP contribution is 2.11. The lowest BCUT2D eigenvalue weighted by Gasteiger charge is -2.03. The lowest BCUT2D eigenvalue weighted by molar-refractivity contribution is 0.101. The largest absolute Gasteiger partial charge is 0.319 e. The Morgan fingerprint density at radius 3 is 2.80 bits per heavy atom. The van der Waals surface area contributed by atoms with Crippen LogP contribution in [-0.2, 0) is 6.42 Å². The summed E-state index contributed by atoms with van der Waals surface area (Å²) in [5, 5.41) is 6.84. The second-order valence-electron chi connectivity index (χ2n) is 4.30. The molecule has 6 nitrogen and oxygen atoms in total. The fraction of sp³-hybridized carbons (Fsp3) is 0.143. The Bertz CT molecular complexity index is 715. The number of amides is 1. The molecule has 0 saturated heterocycles. The molecule has 1 N–H and O–H groups in total. The van der Waals surface area contributed by atoms with Crippen molar-refractivity contribution in [3.63, 3.8) is 0 Å². The first-order valence-corrected chi connectivity index (χ1v) is 6.34. The number of benzene rings is 1. The van der Waals surface area contributed by atoms with Crippen molar-refractivity contribution in [3.8, 4) is 0 Å². The summed E-state index contributed by atoms with van der Waals surface area (Å²) in [6, 6.07) is 9.42. The minimum atomic E-state index is -0.347. The molecule has 1 amide bonds. The quantitative estimate of drug-likeness (QED) is 0.787. The van der Waals surface area contributed by atoms with Crippen LogP contribution in [-0.4, -0.2) is 25.5 Å². The van der Waals surface area contributed by atoms with Crippen LogP contribution in [0.25, 0.3) is 5.78 Å². The van der Waals surface area contributed by atoms with Crippen LogP contribution in [0.2, 0.25) is 0 Å². The van der Waals surface area contributed by atoms with Crippen LogP contribution in [0.3, 0.4) is 0 Å². The highest BCUT2D eigenvalue weighted by Gasteiger charge is 2.13. The van der Waals surface area contributed by atoms with Crippen LogP contribution in [0.5, 0.6) is 0 Å². The molecule has 3 rings (SSSR count). The van der Waals surface area contributed by atoms with Crippen LogP contribution in [0.4, 0.5) is 5.69 Å². The van der Waals surface area contributed by atoms with E-state index in [0.717, 1.165) is 12.1 Å². The first-order valence-electron chi connectivity index (χ1n) is 6.34. The van der Waals surface area contributed by atoms with E-state index in [4.69, 9.17) is 0 Å². The predicted octanol–water partition coefficient (Wildman–Crippen LogP) is 1.94. The highest BCUT2D eigenvalue weighted by atomic mass is 16.2. The molecule has 3 aromatic rings. The van der Waals surface area contributed by atoms with Crippen molar-refractivity contribution in [2.45, 2.75) is 13.3 Å². The maximum Gasteiger partial charge on any atom is 0.295 e.